The molecule has 2 aliphatic heterocycles. The summed E-state index contributed by atoms with van der Waals surface area (Å²) in [5, 5.41) is 4.79. The number of hydrogen-bond donors (Lipinski definition) is 2. The van der Waals surface area contributed by atoms with E-state index in [4.69, 9.17) is 27.7 Å². The third-order valence-corrected chi connectivity index (χ3v) is 6.51. The minimum absolute atomic E-state index is 0.281. The van der Waals surface area contributed by atoms with Crippen molar-refractivity contribution in [1.82, 2.24) is 20.3 Å². The predicted molar refractivity (Wildman–Crippen MR) is 118 cm³/mol. The van der Waals surface area contributed by atoms with Gasteiger partial charge in [-0.2, -0.15) is 5.10 Å². The second kappa shape index (κ2) is 7.68. The van der Waals surface area contributed by atoms with Gasteiger partial charge in [0.25, 0.3) is 0 Å². The lowest BCUT2D eigenvalue weighted by Gasteiger charge is -2.39. The topological polar surface area (TPSA) is 91.9 Å². The molecule has 0 radical (unpaired) electrons. The fourth-order valence-electron chi connectivity index (χ4n) is 5.35. The van der Waals surface area contributed by atoms with Crippen molar-refractivity contribution >= 4 is 29.0 Å². The van der Waals surface area contributed by atoms with E-state index in [-0.39, 0.29) is 5.84 Å². The highest BCUT2D eigenvalue weighted by molar-refractivity contribution is 7.80. The van der Waals surface area contributed by atoms with Crippen molar-refractivity contribution in [2.45, 2.75) is 46.1 Å². The molecule has 8 nitrogen and oxygen atoms in total. The molecule has 0 aromatic carbocycles. The van der Waals surface area contributed by atoms with Crippen LogP contribution in [0.5, 0.6) is 0 Å². The molecule has 2 unspecified atom stereocenters. The number of thiocarbonyl (C=S) groups is 1. The Labute approximate surface area is 177 Å². The molecule has 2 atom stereocenters. The Kier molecular flexibility index (Phi) is 5.37. The van der Waals surface area contributed by atoms with E-state index in [1.54, 1.807) is 6.20 Å². The smallest absolute Gasteiger partial charge is 0.189 e. The number of morpholine rings is 1. The summed E-state index contributed by atoms with van der Waals surface area (Å²) in [6.45, 7) is 11.0. The van der Waals surface area contributed by atoms with E-state index < -0.39 is 0 Å². The van der Waals surface area contributed by atoms with Gasteiger partial charge < -0.3 is 20.3 Å². The molecule has 2 saturated heterocycles. The summed E-state index contributed by atoms with van der Waals surface area (Å²) < 4.78 is 5.34. The predicted octanol–water partition coefficient (Wildman–Crippen LogP) is 1.71. The van der Waals surface area contributed by atoms with E-state index in [9.17, 15) is 0 Å². The summed E-state index contributed by atoms with van der Waals surface area (Å²) in [5.41, 5.74) is 10.3. The second-order valence-electron chi connectivity index (χ2n) is 9.62. The van der Waals surface area contributed by atoms with E-state index in [0.717, 1.165) is 25.5 Å². The minimum atomic E-state index is 0.281. The number of rotatable bonds is 3. The zero-order valence-electron chi connectivity index (χ0n) is 17.5. The van der Waals surface area contributed by atoms with Gasteiger partial charge in [-0.25, -0.2) is 4.98 Å². The van der Waals surface area contributed by atoms with Crippen LogP contribution < -0.4 is 16.1 Å². The normalized spacial score (nSPS) is 29.1. The summed E-state index contributed by atoms with van der Waals surface area (Å²) in [4.78, 5) is 13.6. The quantitative estimate of drug-likeness (QED) is 0.332. The van der Waals surface area contributed by atoms with Crippen molar-refractivity contribution in [1.29, 1.82) is 0 Å². The van der Waals surface area contributed by atoms with Gasteiger partial charge in [-0.05, 0) is 42.3 Å². The number of ether oxygens (including phenoxy) is 1. The number of fused-ring (bicyclic) bond motifs is 2. The molecule has 1 aromatic rings. The maximum atomic E-state index is 6.18. The highest BCUT2D eigenvalue weighted by atomic mass is 32.1. The van der Waals surface area contributed by atoms with Crippen LogP contribution in [0.2, 0.25) is 0 Å². The molecule has 0 spiro atoms. The van der Waals surface area contributed by atoms with E-state index in [1.807, 2.05) is 11.1 Å². The van der Waals surface area contributed by atoms with Gasteiger partial charge in [-0.3, -0.25) is 10.4 Å². The Morgan fingerprint density at radius 1 is 1.28 bits per heavy atom. The average molecular weight is 418 g/mol. The molecule has 3 fully saturated rings. The number of anilines is 1. The van der Waals surface area contributed by atoms with Gasteiger partial charge in [0.2, 0.25) is 0 Å². The maximum absolute atomic E-state index is 6.18. The zero-order valence-corrected chi connectivity index (χ0v) is 18.3. The summed E-state index contributed by atoms with van der Waals surface area (Å²) in [5.74, 6) is 1.16. The van der Waals surface area contributed by atoms with Crippen LogP contribution in [0.1, 0.15) is 45.7 Å². The summed E-state index contributed by atoms with van der Waals surface area (Å²) in [7, 11) is 0. The first-order valence-electron chi connectivity index (χ1n) is 10.3. The molecule has 2 bridgehead atoms. The lowest BCUT2D eigenvalue weighted by molar-refractivity contribution is 0.0677. The Morgan fingerprint density at radius 2 is 2.03 bits per heavy atom. The fraction of sp³-hybridized carbons (Fsp3) is 0.700. The Balaban J connectivity index is 1.46. The first-order valence-corrected chi connectivity index (χ1v) is 10.7. The van der Waals surface area contributed by atoms with Crippen LogP contribution in [0.15, 0.2) is 17.5 Å². The van der Waals surface area contributed by atoms with E-state index >= 15 is 0 Å². The molecule has 158 valence electrons. The Bertz CT molecular complexity index is 808. The van der Waals surface area contributed by atoms with Gasteiger partial charge in [-0.15, -0.1) is 0 Å². The molecule has 3 N–H and O–H groups in total. The fourth-order valence-corrected chi connectivity index (χ4v) is 5.58. The molecule has 1 aromatic heterocycles. The van der Waals surface area contributed by atoms with Crippen molar-refractivity contribution in [2.24, 2.45) is 21.7 Å². The molecule has 0 amide bonds. The van der Waals surface area contributed by atoms with Crippen LogP contribution in [-0.2, 0) is 4.74 Å². The Hall–Kier alpha value is -2.00. The minimum Gasteiger partial charge on any atom is -0.380 e. The largest absolute Gasteiger partial charge is 0.380 e. The standard InChI is InChI=1S/C20H31N7OS/c1-19(2)8-14-9-20(3,12-19)13-27(14)16-11-22-10-15(23-16)17(21)24-25-18(29)26-4-6-28-7-5-26/h10-11,14H,4-9,12-13H2,1-3H3,(H2,21,24)(H,25,29). The van der Waals surface area contributed by atoms with Crippen molar-refractivity contribution in [2.75, 3.05) is 37.7 Å². The number of nitrogens with zero attached hydrogens (tertiary/aromatic N) is 5. The molecule has 29 heavy (non-hydrogen) atoms. The summed E-state index contributed by atoms with van der Waals surface area (Å²) >= 11 is 5.39. The third-order valence-electron chi connectivity index (χ3n) is 6.16. The van der Waals surface area contributed by atoms with Gasteiger partial charge in [0.05, 0.1) is 25.6 Å². The van der Waals surface area contributed by atoms with Crippen molar-refractivity contribution in [3.63, 3.8) is 0 Å². The summed E-state index contributed by atoms with van der Waals surface area (Å²) in [6.07, 6.45) is 7.11. The van der Waals surface area contributed by atoms with Crippen molar-refractivity contribution in [3.05, 3.63) is 18.1 Å². The molecule has 1 aliphatic carbocycles. The van der Waals surface area contributed by atoms with Crippen LogP contribution in [0.3, 0.4) is 0 Å². The van der Waals surface area contributed by atoms with Crippen LogP contribution in [-0.4, -0.2) is 64.7 Å². The summed E-state index contributed by atoms with van der Waals surface area (Å²) in [6, 6.07) is 0.499. The molecular weight excluding hydrogens is 386 g/mol. The van der Waals surface area contributed by atoms with Gasteiger partial charge >= 0.3 is 0 Å². The van der Waals surface area contributed by atoms with E-state index in [1.165, 1.54) is 19.3 Å². The average Bonchev–Trinajstić information content (AvgIpc) is 2.95. The number of amidine groups is 1. The van der Waals surface area contributed by atoms with Gasteiger partial charge in [0, 0.05) is 25.7 Å². The van der Waals surface area contributed by atoms with E-state index in [0.29, 0.717) is 40.9 Å². The van der Waals surface area contributed by atoms with Gasteiger partial charge in [-0.1, -0.05) is 20.8 Å². The first kappa shape index (κ1) is 20.3. The van der Waals surface area contributed by atoms with Crippen molar-refractivity contribution < 1.29 is 4.74 Å². The van der Waals surface area contributed by atoms with Crippen LogP contribution in [0.25, 0.3) is 0 Å². The SMILES string of the molecule is CC1(C)CC2CC(C)(CN2c2cncc(/C(N)=N\NC(=S)N3CCOCC3)n2)C1. The van der Waals surface area contributed by atoms with Gasteiger partial charge in [0.15, 0.2) is 10.9 Å². The number of hydrogen-bond acceptors (Lipinski definition) is 6. The molecular formula is C20H31N7OS. The second-order valence-corrected chi connectivity index (χ2v) is 10.0. The monoisotopic (exact) mass is 417 g/mol. The lowest BCUT2D eigenvalue weighted by Crippen LogP contribution is -2.45. The Morgan fingerprint density at radius 3 is 2.79 bits per heavy atom. The van der Waals surface area contributed by atoms with Crippen LogP contribution >= 0.6 is 12.2 Å². The maximum Gasteiger partial charge on any atom is 0.189 e. The third kappa shape index (κ3) is 4.45. The molecule has 3 heterocycles. The number of nitrogens with two attached hydrogens (primary N) is 1. The molecule has 3 aliphatic rings. The van der Waals surface area contributed by atoms with Crippen molar-refractivity contribution in [3.8, 4) is 0 Å². The number of nitrogens with one attached hydrogen (secondary N) is 1. The van der Waals surface area contributed by atoms with E-state index in [2.05, 4.69) is 41.2 Å². The molecule has 9 heteroatoms. The van der Waals surface area contributed by atoms with Gasteiger partial charge in [0.1, 0.15) is 11.5 Å². The highest BCUT2D eigenvalue weighted by Gasteiger charge is 2.50. The molecule has 1 saturated carbocycles. The number of aromatic nitrogens is 2. The highest BCUT2D eigenvalue weighted by Crippen LogP contribution is 2.53. The first-order chi connectivity index (χ1) is 13.7. The number of hydrazone groups is 1. The lowest BCUT2D eigenvalue weighted by atomic mass is 9.65. The van der Waals surface area contributed by atoms with Crippen LogP contribution in [0.4, 0.5) is 5.82 Å². The zero-order chi connectivity index (χ0) is 20.6. The van der Waals surface area contributed by atoms with Crippen LogP contribution in [0, 0.1) is 10.8 Å². The molecule has 4 rings (SSSR count).